The first-order valence-corrected chi connectivity index (χ1v) is 11.1. The molecule has 0 spiro atoms. The standard InChI is InChI=1S/C26H25ClN2O3/c1-2-32-26(31)21-11-12-24(23(27)15-21)28-25(30)20-9-7-18(8-10-20)16-29-14-13-19-5-3-4-6-22(19)17-29/h3-12,15H,2,13-14,16-17H2,1H3,(H,28,30). The van der Waals surface area contributed by atoms with Crippen LogP contribution in [0.3, 0.4) is 0 Å². The molecular weight excluding hydrogens is 424 g/mol. The number of nitrogens with zero attached hydrogens (tertiary/aromatic N) is 1. The van der Waals surface area contributed by atoms with E-state index in [1.165, 1.54) is 17.2 Å². The molecule has 5 nitrogen and oxygen atoms in total. The lowest BCUT2D eigenvalue weighted by atomic mass is 9.99. The predicted molar refractivity (Wildman–Crippen MR) is 126 cm³/mol. The number of anilines is 1. The number of benzene rings is 3. The molecular formula is C26H25ClN2O3. The van der Waals surface area contributed by atoms with E-state index >= 15 is 0 Å². The number of halogens is 1. The summed E-state index contributed by atoms with van der Waals surface area (Å²) in [7, 11) is 0. The highest BCUT2D eigenvalue weighted by molar-refractivity contribution is 6.34. The van der Waals surface area contributed by atoms with Gasteiger partial charge in [0.15, 0.2) is 0 Å². The smallest absolute Gasteiger partial charge is 0.338 e. The van der Waals surface area contributed by atoms with E-state index in [0.717, 1.165) is 31.6 Å². The molecule has 32 heavy (non-hydrogen) atoms. The summed E-state index contributed by atoms with van der Waals surface area (Å²) >= 11 is 6.25. The zero-order valence-corrected chi connectivity index (χ0v) is 18.7. The van der Waals surface area contributed by atoms with Crippen LogP contribution in [-0.4, -0.2) is 29.9 Å². The number of fused-ring (bicyclic) bond motifs is 1. The van der Waals surface area contributed by atoms with E-state index in [0.29, 0.717) is 16.8 Å². The Bertz CT molecular complexity index is 1130. The third-order valence-corrected chi connectivity index (χ3v) is 5.87. The summed E-state index contributed by atoms with van der Waals surface area (Å²) < 4.78 is 4.97. The van der Waals surface area contributed by atoms with E-state index in [-0.39, 0.29) is 17.5 Å². The largest absolute Gasteiger partial charge is 0.462 e. The van der Waals surface area contributed by atoms with Gasteiger partial charge in [0.1, 0.15) is 0 Å². The maximum Gasteiger partial charge on any atom is 0.338 e. The van der Waals surface area contributed by atoms with Crippen LogP contribution in [0.15, 0.2) is 66.7 Å². The molecule has 4 rings (SSSR count). The molecule has 0 saturated heterocycles. The third-order valence-electron chi connectivity index (χ3n) is 5.56. The van der Waals surface area contributed by atoms with E-state index in [1.807, 2.05) is 24.3 Å². The van der Waals surface area contributed by atoms with Crippen LogP contribution in [0.25, 0.3) is 0 Å². The Morgan fingerprint density at radius 1 is 1.00 bits per heavy atom. The average molecular weight is 449 g/mol. The second-order valence-corrected chi connectivity index (χ2v) is 8.20. The van der Waals surface area contributed by atoms with Crippen molar-refractivity contribution in [3.8, 4) is 0 Å². The maximum atomic E-state index is 12.7. The Morgan fingerprint density at radius 3 is 2.44 bits per heavy atom. The molecule has 1 N–H and O–H groups in total. The van der Waals surface area contributed by atoms with Crippen LogP contribution in [0.1, 0.15) is 44.3 Å². The summed E-state index contributed by atoms with van der Waals surface area (Å²) in [5.41, 5.74) is 5.33. The highest BCUT2D eigenvalue weighted by Gasteiger charge is 2.16. The van der Waals surface area contributed by atoms with Gasteiger partial charge in [-0.2, -0.15) is 0 Å². The molecule has 0 unspecified atom stereocenters. The van der Waals surface area contributed by atoms with Gasteiger partial charge in [0.05, 0.1) is 22.9 Å². The summed E-state index contributed by atoms with van der Waals surface area (Å²) in [6.45, 7) is 4.84. The fourth-order valence-corrected chi connectivity index (χ4v) is 4.09. The fraction of sp³-hybridized carbons (Fsp3) is 0.231. The molecule has 6 heteroatoms. The molecule has 1 amide bonds. The van der Waals surface area contributed by atoms with Crippen molar-refractivity contribution in [1.29, 1.82) is 0 Å². The van der Waals surface area contributed by atoms with E-state index in [1.54, 1.807) is 19.1 Å². The summed E-state index contributed by atoms with van der Waals surface area (Å²) in [6.07, 6.45) is 1.06. The second kappa shape index (κ2) is 9.98. The molecule has 1 aliphatic rings. The molecule has 1 heterocycles. The summed E-state index contributed by atoms with van der Waals surface area (Å²) in [6, 6.07) is 20.9. The number of hydrogen-bond donors (Lipinski definition) is 1. The van der Waals surface area contributed by atoms with E-state index in [4.69, 9.17) is 16.3 Å². The number of rotatable bonds is 6. The maximum absolute atomic E-state index is 12.7. The Labute approximate surface area is 193 Å². The Hall–Kier alpha value is -3.15. The molecule has 0 aromatic heterocycles. The zero-order valence-electron chi connectivity index (χ0n) is 17.9. The highest BCUT2D eigenvalue weighted by atomic mass is 35.5. The van der Waals surface area contributed by atoms with Crippen LogP contribution in [-0.2, 0) is 24.2 Å². The van der Waals surface area contributed by atoms with Gasteiger partial charge in [-0.25, -0.2) is 4.79 Å². The van der Waals surface area contributed by atoms with E-state index in [9.17, 15) is 9.59 Å². The Morgan fingerprint density at radius 2 is 1.72 bits per heavy atom. The zero-order chi connectivity index (χ0) is 22.5. The first kappa shape index (κ1) is 22.1. The highest BCUT2D eigenvalue weighted by Crippen LogP contribution is 2.25. The van der Waals surface area contributed by atoms with Gasteiger partial charge in [-0.1, -0.05) is 48.0 Å². The number of carbonyl (C=O) groups excluding carboxylic acids is 2. The van der Waals surface area contributed by atoms with Gasteiger partial charge < -0.3 is 10.1 Å². The van der Waals surface area contributed by atoms with Crippen molar-refractivity contribution >= 4 is 29.2 Å². The number of esters is 1. The number of amides is 1. The normalized spacial score (nSPS) is 13.3. The number of carbonyl (C=O) groups is 2. The first-order chi connectivity index (χ1) is 15.5. The monoisotopic (exact) mass is 448 g/mol. The summed E-state index contributed by atoms with van der Waals surface area (Å²) in [4.78, 5) is 26.9. The molecule has 0 atom stereocenters. The lowest BCUT2D eigenvalue weighted by Crippen LogP contribution is -2.29. The lowest BCUT2D eigenvalue weighted by molar-refractivity contribution is 0.0526. The summed E-state index contributed by atoms with van der Waals surface area (Å²) in [5.74, 6) is -0.700. The lowest BCUT2D eigenvalue weighted by Gasteiger charge is -2.28. The van der Waals surface area contributed by atoms with Gasteiger partial charge in [-0.15, -0.1) is 0 Å². The van der Waals surface area contributed by atoms with Gasteiger partial charge in [-0.3, -0.25) is 9.69 Å². The van der Waals surface area contributed by atoms with Gasteiger partial charge in [-0.05, 0) is 60.4 Å². The van der Waals surface area contributed by atoms with Gasteiger partial charge in [0, 0.05) is 25.2 Å². The van der Waals surface area contributed by atoms with Gasteiger partial charge in [0.2, 0.25) is 0 Å². The summed E-state index contributed by atoms with van der Waals surface area (Å²) in [5, 5.41) is 3.09. The van der Waals surface area contributed by atoms with Crippen LogP contribution < -0.4 is 5.32 Å². The Balaban J connectivity index is 1.37. The molecule has 0 saturated carbocycles. The van der Waals surface area contributed by atoms with Crippen molar-refractivity contribution in [3.05, 3.63) is 99.6 Å². The van der Waals surface area contributed by atoms with Crippen molar-refractivity contribution < 1.29 is 14.3 Å². The second-order valence-electron chi connectivity index (χ2n) is 7.80. The molecule has 1 aliphatic heterocycles. The minimum atomic E-state index is -0.444. The number of nitrogens with one attached hydrogen (secondary N) is 1. The number of ether oxygens (including phenoxy) is 1. The predicted octanol–water partition coefficient (Wildman–Crippen LogP) is 5.33. The molecule has 0 radical (unpaired) electrons. The van der Waals surface area contributed by atoms with Crippen LogP contribution >= 0.6 is 11.6 Å². The number of hydrogen-bond acceptors (Lipinski definition) is 4. The van der Waals surface area contributed by atoms with Crippen molar-refractivity contribution in [2.75, 3.05) is 18.5 Å². The quantitative estimate of drug-likeness (QED) is 0.518. The van der Waals surface area contributed by atoms with Crippen LogP contribution in [0, 0.1) is 0 Å². The molecule has 0 bridgehead atoms. The van der Waals surface area contributed by atoms with E-state index < -0.39 is 5.97 Å². The van der Waals surface area contributed by atoms with Crippen molar-refractivity contribution in [3.63, 3.8) is 0 Å². The topological polar surface area (TPSA) is 58.6 Å². The molecule has 3 aromatic rings. The minimum Gasteiger partial charge on any atom is -0.462 e. The minimum absolute atomic E-state index is 0.255. The van der Waals surface area contributed by atoms with Crippen molar-refractivity contribution in [1.82, 2.24) is 4.90 Å². The molecule has 3 aromatic carbocycles. The molecule has 0 aliphatic carbocycles. The van der Waals surface area contributed by atoms with Crippen LogP contribution in [0.4, 0.5) is 5.69 Å². The first-order valence-electron chi connectivity index (χ1n) is 10.7. The third kappa shape index (κ3) is 5.18. The van der Waals surface area contributed by atoms with E-state index in [2.05, 4.69) is 34.5 Å². The van der Waals surface area contributed by atoms with Crippen molar-refractivity contribution in [2.45, 2.75) is 26.4 Å². The molecule has 164 valence electrons. The SMILES string of the molecule is CCOC(=O)c1ccc(NC(=O)c2ccc(CN3CCc4ccccc4C3)cc2)c(Cl)c1. The fourth-order valence-electron chi connectivity index (χ4n) is 3.86. The average Bonchev–Trinajstić information content (AvgIpc) is 2.81. The van der Waals surface area contributed by atoms with Crippen molar-refractivity contribution in [2.24, 2.45) is 0 Å². The van der Waals surface area contributed by atoms with Gasteiger partial charge in [0.25, 0.3) is 5.91 Å². The van der Waals surface area contributed by atoms with Gasteiger partial charge >= 0.3 is 5.97 Å². The van der Waals surface area contributed by atoms with Crippen LogP contribution in [0.2, 0.25) is 5.02 Å². The molecule has 0 fully saturated rings. The van der Waals surface area contributed by atoms with Crippen LogP contribution in [0.5, 0.6) is 0 Å². The Kier molecular flexibility index (Phi) is 6.88.